The number of thiophene rings is 1. The van der Waals surface area contributed by atoms with Crippen molar-refractivity contribution in [1.82, 2.24) is 19.9 Å². The third-order valence-electron chi connectivity index (χ3n) is 4.95. The number of nitrogens with zero attached hydrogens (tertiary/aromatic N) is 4. The summed E-state index contributed by atoms with van der Waals surface area (Å²) in [5, 5.41) is 1.10. The Morgan fingerprint density at radius 1 is 1.19 bits per heavy atom. The molecule has 5 rings (SSSR count). The van der Waals surface area contributed by atoms with Gasteiger partial charge >= 0.3 is 0 Å². The topological polar surface area (TPSA) is 80.0 Å². The molecule has 130 valence electrons. The van der Waals surface area contributed by atoms with Crippen LogP contribution >= 0.6 is 11.3 Å². The Labute approximate surface area is 154 Å². The van der Waals surface area contributed by atoms with Crippen LogP contribution in [0.2, 0.25) is 0 Å². The van der Waals surface area contributed by atoms with E-state index in [2.05, 4.69) is 51.6 Å². The van der Waals surface area contributed by atoms with Crippen LogP contribution in [0, 0.1) is 0 Å². The first-order valence-corrected chi connectivity index (χ1v) is 9.37. The van der Waals surface area contributed by atoms with Gasteiger partial charge in [-0.15, -0.1) is 11.3 Å². The predicted molar refractivity (Wildman–Crippen MR) is 106 cm³/mol. The fourth-order valence-electron chi connectivity index (χ4n) is 3.74. The summed E-state index contributed by atoms with van der Waals surface area (Å²) in [5.41, 5.74) is 8.54. The second-order valence-electron chi connectivity index (χ2n) is 6.59. The molecular formula is C19H18N6S. The van der Waals surface area contributed by atoms with E-state index in [0.29, 0.717) is 5.82 Å². The van der Waals surface area contributed by atoms with Gasteiger partial charge in [-0.3, -0.25) is 0 Å². The molecule has 0 saturated carbocycles. The summed E-state index contributed by atoms with van der Waals surface area (Å²) in [6.45, 7) is 1.92. The zero-order valence-electron chi connectivity index (χ0n) is 14.4. The number of pyridine rings is 1. The number of hydrogen-bond donors (Lipinski definition) is 2. The lowest BCUT2D eigenvalue weighted by molar-refractivity contribution is 0.311. The molecule has 0 spiro atoms. The van der Waals surface area contributed by atoms with E-state index in [-0.39, 0.29) is 0 Å². The van der Waals surface area contributed by atoms with Crippen molar-refractivity contribution in [3.8, 4) is 11.1 Å². The van der Waals surface area contributed by atoms with Crippen molar-refractivity contribution in [3.63, 3.8) is 0 Å². The van der Waals surface area contributed by atoms with Crippen LogP contribution < -0.4 is 11.3 Å². The molecule has 4 heterocycles. The number of fused-ring (bicyclic) bond motifs is 4. The Balaban J connectivity index is 1.95. The van der Waals surface area contributed by atoms with Gasteiger partial charge in [0.2, 0.25) is 0 Å². The van der Waals surface area contributed by atoms with Crippen molar-refractivity contribution >= 4 is 37.6 Å². The van der Waals surface area contributed by atoms with Gasteiger partial charge < -0.3 is 10.3 Å². The number of anilines is 1. The molecule has 26 heavy (non-hydrogen) atoms. The van der Waals surface area contributed by atoms with E-state index in [1.165, 1.54) is 22.4 Å². The van der Waals surface area contributed by atoms with Crippen LogP contribution in [0.3, 0.4) is 0 Å². The first-order valence-electron chi connectivity index (χ1n) is 8.56. The lowest BCUT2D eigenvalue weighted by atomic mass is 9.92. The van der Waals surface area contributed by atoms with Gasteiger partial charge in [-0.25, -0.2) is 20.8 Å². The smallest absolute Gasteiger partial charge is 0.161 e. The largest absolute Gasteiger partial charge is 0.307 e. The summed E-state index contributed by atoms with van der Waals surface area (Å²) in [6.07, 6.45) is 2.52. The summed E-state index contributed by atoms with van der Waals surface area (Å²) in [7, 11) is 2.16. The van der Waals surface area contributed by atoms with Gasteiger partial charge in [0.25, 0.3) is 0 Å². The molecule has 0 fully saturated rings. The molecule has 4 aromatic rings. The highest BCUT2D eigenvalue weighted by Crippen LogP contribution is 2.43. The molecule has 1 aromatic carbocycles. The molecule has 1 aliphatic heterocycles. The number of aromatic nitrogens is 3. The van der Waals surface area contributed by atoms with Crippen LogP contribution in [0.1, 0.15) is 11.3 Å². The highest BCUT2D eigenvalue weighted by Gasteiger charge is 2.25. The zero-order chi connectivity index (χ0) is 17.7. The number of likely N-dealkylation sites (N-methyl/N-ethyl adjacent to an activating group) is 1. The van der Waals surface area contributed by atoms with E-state index in [1.54, 1.807) is 17.7 Å². The van der Waals surface area contributed by atoms with Crippen LogP contribution in [-0.2, 0) is 13.0 Å². The van der Waals surface area contributed by atoms with Crippen LogP contribution in [0.25, 0.3) is 31.6 Å². The molecule has 0 unspecified atom stereocenters. The normalized spacial score (nSPS) is 14.7. The maximum Gasteiger partial charge on any atom is 0.161 e. The van der Waals surface area contributed by atoms with E-state index in [4.69, 9.17) is 10.8 Å². The standard InChI is InChI=1S/C19H18N6S/c1-25-8-7-13-12(9-25)14(11-5-3-2-4-6-11)15-16-17(26-19(15)23-13)18(24-20)22-10-21-16/h2-6,10H,7-9,20H2,1H3,(H,21,22,24). The van der Waals surface area contributed by atoms with E-state index >= 15 is 0 Å². The number of hydrogen-bond acceptors (Lipinski definition) is 7. The molecule has 0 aliphatic carbocycles. The minimum Gasteiger partial charge on any atom is -0.307 e. The SMILES string of the molecule is CN1CCc2nc3sc4c(NN)ncnc4c3c(-c3ccccc3)c2C1. The van der Waals surface area contributed by atoms with E-state index in [0.717, 1.165) is 39.9 Å². The number of rotatable bonds is 2. The average Bonchev–Trinajstić information content (AvgIpc) is 3.05. The van der Waals surface area contributed by atoms with Gasteiger partial charge in [-0.1, -0.05) is 30.3 Å². The third kappa shape index (κ3) is 2.28. The third-order valence-corrected chi connectivity index (χ3v) is 6.03. The fourth-order valence-corrected chi connectivity index (χ4v) is 4.85. The number of nitrogens with one attached hydrogen (secondary N) is 1. The van der Waals surface area contributed by atoms with E-state index < -0.39 is 0 Å². The lowest BCUT2D eigenvalue weighted by Crippen LogP contribution is -2.27. The first-order chi connectivity index (χ1) is 12.8. The Kier molecular flexibility index (Phi) is 3.59. The average molecular weight is 362 g/mol. The van der Waals surface area contributed by atoms with Crippen molar-refractivity contribution in [2.45, 2.75) is 13.0 Å². The van der Waals surface area contributed by atoms with E-state index in [9.17, 15) is 0 Å². The Bertz CT molecular complexity index is 1120. The molecule has 6 nitrogen and oxygen atoms in total. The molecule has 0 bridgehead atoms. The summed E-state index contributed by atoms with van der Waals surface area (Å²) in [5.74, 6) is 6.31. The quantitative estimate of drug-likeness (QED) is 0.421. The maximum atomic E-state index is 5.67. The van der Waals surface area contributed by atoms with Gasteiger partial charge in [0, 0.05) is 36.2 Å². The maximum absolute atomic E-state index is 5.67. The second-order valence-corrected chi connectivity index (χ2v) is 7.59. The minimum absolute atomic E-state index is 0.645. The van der Waals surface area contributed by atoms with Crippen molar-refractivity contribution in [2.75, 3.05) is 19.0 Å². The highest BCUT2D eigenvalue weighted by molar-refractivity contribution is 7.26. The molecular weight excluding hydrogens is 344 g/mol. The monoisotopic (exact) mass is 362 g/mol. The van der Waals surface area contributed by atoms with Gasteiger partial charge in [0.15, 0.2) is 5.82 Å². The van der Waals surface area contributed by atoms with E-state index in [1.807, 2.05) is 6.07 Å². The van der Waals surface area contributed by atoms with Crippen LogP contribution in [0.15, 0.2) is 36.7 Å². The van der Waals surface area contributed by atoms with Gasteiger partial charge in [0.1, 0.15) is 11.2 Å². The van der Waals surface area contributed by atoms with Gasteiger partial charge in [-0.05, 0) is 18.2 Å². The number of benzene rings is 1. The van der Waals surface area contributed by atoms with Crippen LogP contribution in [0.4, 0.5) is 5.82 Å². The zero-order valence-corrected chi connectivity index (χ0v) is 15.2. The van der Waals surface area contributed by atoms with Gasteiger partial charge in [-0.2, -0.15) is 0 Å². The Morgan fingerprint density at radius 3 is 2.85 bits per heavy atom. The summed E-state index contributed by atoms with van der Waals surface area (Å²) in [4.78, 5) is 17.2. The van der Waals surface area contributed by atoms with Crippen molar-refractivity contribution in [3.05, 3.63) is 47.9 Å². The van der Waals surface area contributed by atoms with Crippen LogP contribution in [-0.4, -0.2) is 33.4 Å². The Hall–Kier alpha value is -2.61. The summed E-state index contributed by atoms with van der Waals surface area (Å²) >= 11 is 1.60. The van der Waals surface area contributed by atoms with Crippen LogP contribution in [0.5, 0.6) is 0 Å². The number of hydrazine groups is 1. The van der Waals surface area contributed by atoms with Crippen molar-refractivity contribution in [2.24, 2.45) is 5.84 Å². The summed E-state index contributed by atoms with van der Waals surface area (Å²) < 4.78 is 0.949. The van der Waals surface area contributed by atoms with Crippen molar-refractivity contribution < 1.29 is 0 Å². The molecule has 0 radical (unpaired) electrons. The molecule has 0 saturated heterocycles. The van der Waals surface area contributed by atoms with Gasteiger partial charge in [0.05, 0.1) is 10.2 Å². The fraction of sp³-hybridized carbons (Fsp3) is 0.211. The predicted octanol–water partition coefficient (Wildman–Crippen LogP) is 3.18. The minimum atomic E-state index is 0.645. The molecule has 0 amide bonds. The number of nitrogen functional groups attached to an aromatic ring is 1. The number of nitrogens with two attached hydrogens (primary N) is 1. The van der Waals surface area contributed by atoms with Crippen molar-refractivity contribution in [1.29, 1.82) is 0 Å². The molecule has 3 aromatic heterocycles. The highest BCUT2D eigenvalue weighted by atomic mass is 32.1. The first kappa shape index (κ1) is 15.6. The molecule has 7 heteroatoms. The lowest BCUT2D eigenvalue weighted by Gasteiger charge is -2.27. The Morgan fingerprint density at radius 2 is 2.04 bits per heavy atom. The molecule has 3 N–H and O–H groups in total. The molecule has 1 aliphatic rings. The second kappa shape index (κ2) is 5.98. The summed E-state index contributed by atoms with van der Waals surface area (Å²) in [6, 6.07) is 10.5. The molecule has 0 atom stereocenters.